The number of aromatic amines is 1. The Labute approximate surface area is 197 Å². The largest absolute Gasteiger partial charge is 0.390 e. The molecule has 16 heteroatoms. The topological polar surface area (TPSA) is 116 Å². The third kappa shape index (κ3) is 5.55. The molecule has 0 spiro atoms. The highest BCUT2D eigenvalue weighted by Gasteiger charge is 2.28. The Morgan fingerprint density at radius 1 is 1.03 bits per heavy atom. The molecule has 0 saturated heterocycles. The van der Waals surface area contributed by atoms with E-state index in [1.165, 1.54) is 10.9 Å². The number of halogens is 6. The van der Waals surface area contributed by atoms with Crippen LogP contribution in [0.4, 0.5) is 22.0 Å². The molecule has 0 aliphatic carbocycles. The molecule has 35 heavy (non-hydrogen) atoms. The summed E-state index contributed by atoms with van der Waals surface area (Å²) < 4.78 is 66.1. The predicted octanol–water partition coefficient (Wildman–Crippen LogP) is 2.44. The Morgan fingerprint density at radius 2 is 1.80 bits per heavy atom. The molecule has 0 unspecified atom stereocenters. The Hall–Kier alpha value is -3.62. The zero-order valence-electron chi connectivity index (χ0n) is 17.7. The molecule has 4 aromatic rings. The fourth-order valence-electron chi connectivity index (χ4n) is 3.42. The quantitative estimate of drug-likeness (QED) is 0.283. The maximum Gasteiger partial charge on any atom is 0.390 e. The third-order valence-electron chi connectivity index (χ3n) is 5.03. The van der Waals surface area contributed by atoms with Gasteiger partial charge in [0.1, 0.15) is 0 Å². The summed E-state index contributed by atoms with van der Waals surface area (Å²) in [6, 6.07) is 3.38. The van der Waals surface area contributed by atoms with Crippen LogP contribution in [0.15, 0.2) is 27.8 Å². The van der Waals surface area contributed by atoms with Gasteiger partial charge in [-0.15, -0.1) is 10.2 Å². The van der Waals surface area contributed by atoms with Gasteiger partial charge in [-0.2, -0.15) is 23.0 Å². The summed E-state index contributed by atoms with van der Waals surface area (Å²) in [7, 11) is 0. The van der Waals surface area contributed by atoms with E-state index in [0.29, 0.717) is 5.56 Å². The van der Waals surface area contributed by atoms with Crippen LogP contribution in [-0.2, 0) is 26.1 Å². The van der Waals surface area contributed by atoms with Gasteiger partial charge in [0.15, 0.2) is 28.6 Å². The first-order chi connectivity index (χ1) is 16.5. The number of hydrogen-bond donors (Lipinski definition) is 1. The van der Waals surface area contributed by atoms with Crippen molar-refractivity contribution >= 4 is 22.8 Å². The van der Waals surface area contributed by atoms with Crippen molar-refractivity contribution < 1.29 is 22.0 Å². The number of H-pyrrole nitrogens is 1. The second kappa shape index (κ2) is 9.56. The molecule has 0 aliphatic rings. The van der Waals surface area contributed by atoms with Gasteiger partial charge in [0.05, 0.1) is 13.0 Å². The van der Waals surface area contributed by atoms with E-state index in [1.807, 2.05) is 0 Å². The molecular weight excluding hydrogens is 503 g/mol. The Bertz CT molecular complexity index is 1490. The molecule has 1 N–H and O–H groups in total. The number of benzene rings is 1. The maximum absolute atomic E-state index is 13.4. The summed E-state index contributed by atoms with van der Waals surface area (Å²) in [6.45, 7) is -0.782. The molecule has 0 atom stereocenters. The molecule has 186 valence electrons. The number of rotatable bonds is 8. The van der Waals surface area contributed by atoms with Crippen LogP contribution in [0.1, 0.15) is 24.2 Å². The molecule has 0 amide bonds. The summed E-state index contributed by atoms with van der Waals surface area (Å²) in [6.07, 6.45) is -5.57. The van der Waals surface area contributed by atoms with E-state index in [-0.39, 0.29) is 48.2 Å². The van der Waals surface area contributed by atoms with Crippen molar-refractivity contribution in [1.82, 2.24) is 39.3 Å². The van der Waals surface area contributed by atoms with Gasteiger partial charge in [0.2, 0.25) is 5.28 Å². The van der Waals surface area contributed by atoms with E-state index in [9.17, 15) is 31.5 Å². The Balaban J connectivity index is 1.49. The number of alkyl halides is 3. The maximum atomic E-state index is 13.4. The lowest BCUT2D eigenvalue weighted by Gasteiger charge is -2.12. The van der Waals surface area contributed by atoms with Gasteiger partial charge in [-0.1, -0.05) is 6.07 Å². The van der Waals surface area contributed by atoms with Gasteiger partial charge in [0.25, 0.3) is 5.56 Å². The lowest BCUT2D eigenvalue weighted by Crippen LogP contribution is -2.41. The van der Waals surface area contributed by atoms with E-state index in [2.05, 4.69) is 25.4 Å². The molecule has 0 radical (unpaired) electrons. The Kier molecular flexibility index (Phi) is 6.69. The standard InChI is InChI=1S/C19H16ClF5N8O2/c20-17-26-14-15(27-17)31(7-4-19(23,24)25)18(35)32(16(14)34)5-1-6-33-29-13(28-30-33)9-10-2-3-11(21)12(22)8-10/h2-3,8H,1,4-7,9H2,(H,26,27). The number of nitrogens with one attached hydrogen (secondary N) is 1. The third-order valence-corrected chi connectivity index (χ3v) is 5.21. The van der Waals surface area contributed by atoms with Crippen LogP contribution >= 0.6 is 11.6 Å². The average Bonchev–Trinajstić information content (AvgIpc) is 3.38. The van der Waals surface area contributed by atoms with Crippen LogP contribution in [0.3, 0.4) is 0 Å². The first-order valence-corrected chi connectivity index (χ1v) is 10.6. The van der Waals surface area contributed by atoms with E-state index >= 15 is 0 Å². The molecule has 0 fully saturated rings. The minimum atomic E-state index is -4.52. The van der Waals surface area contributed by atoms with Crippen molar-refractivity contribution in [3.8, 4) is 0 Å². The predicted molar refractivity (Wildman–Crippen MR) is 112 cm³/mol. The minimum Gasteiger partial charge on any atom is -0.323 e. The highest BCUT2D eigenvalue weighted by molar-refractivity contribution is 6.28. The van der Waals surface area contributed by atoms with Crippen molar-refractivity contribution in [2.24, 2.45) is 0 Å². The number of aromatic nitrogens is 8. The van der Waals surface area contributed by atoms with Crippen LogP contribution < -0.4 is 11.2 Å². The number of aryl methyl sites for hydroxylation is 2. The zero-order chi connectivity index (χ0) is 25.3. The van der Waals surface area contributed by atoms with Crippen molar-refractivity contribution in [3.63, 3.8) is 0 Å². The van der Waals surface area contributed by atoms with Gasteiger partial charge in [-0.25, -0.2) is 13.6 Å². The zero-order valence-corrected chi connectivity index (χ0v) is 18.4. The van der Waals surface area contributed by atoms with Crippen molar-refractivity contribution in [1.29, 1.82) is 0 Å². The lowest BCUT2D eigenvalue weighted by molar-refractivity contribution is -0.136. The molecule has 3 heterocycles. The van der Waals surface area contributed by atoms with Gasteiger partial charge >= 0.3 is 11.9 Å². The second-order valence-corrected chi connectivity index (χ2v) is 7.92. The van der Waals surface area contributed by atoms with E-state index < -0.39 is 42.0 Å². The van der Waals surface area contributed by atoms with Gasteiger partial charge in [-0.05, 0) is 40.9 Å². The molecule has 0 aliphatic heterocycles. The van der Waals surface area contributed by atoms with E-state index in [4.69, 9.17) is 11.6 Å². The number of hydrogen-bond acceptors (Lipinski definition) is 6. The summed E-state index contributed by atoms with van der Waals surface area (Å²) in [5, 5.41) is 11.5. The molecular formula is C19H16ClF5N8O2. The molecule has 4 rings (SSSR count). The fourth-order valence-corrected chi connectivity index (χ4v) is 3.59. The number of imidazole rings is 1. The van der Waals surface area contributed by atoms with Gasteiger partial charge in [0, 0.05) is 19.5 Å². The number of fused-ring (bicyclic) bond motifs is 1. The van der Waals surface area contributed by atoms with E-state index in [1.54, 1.807) is 0 Å². The van der Waals surface area contributed by atoms with Crippen molar-refractivity contribution in [2.45, 2.75) is 45.1 Å². The smallest absolute Gasteiger partial charge is 0.323 e. The van der Waals surface area contributed by atoms with Crippen LogP contribution in [0.5, 0.6) is 0 Å². The SMILES string of the molecule is O=c1c2[nH]c(Cl)nc2n(CCC(F)(F)F)c(=O)n1CCCn1nnc(Cc2ccc(F)c(F)c2)n1. The minimum absolute atomic E-state index is 0.0951. The molecule has 3 aromatic heterocycles. The second-order valence-electron chi connectivity index (χ2n) is 7.56. The molecule has 10 nitrogen and oxygen atoms in total. The van der Waals surface area contributed by atoms with Crippen LogP contribution in [0.2, 0.25) is 5.28 Å². The molecule has 1 aromatic carbocycles. The highest BCUT2D eigenvalue weighted by atomic mass is 35.5. The first-order valence-electron chi connectivity index (χ1n) is 10.2. The fraction of sp³-hybridized carbons (Fsp3) is 0.368. The highest BCUT2D eigenvalue weighted by Crippen LogP contribution is 2.21. The summed E-state index contributed by atoms with van der Waals surface area (Å²) in [5.41, 5.74) is -1.76. The number of tetrazole rings is 1. The van der Waals surface area contributed by atoms with Gasteiger partial charge in [-0.3, -0.25) is 13.9 Å². The van der Waals surface area contributed by atoms with E-state index in [0.717, 1.165) is 21.3 Å². The summed E-state index contributed by atoms with van der Waals surface area (Å²) in [5.74, 6) is -1.75. The van der Waals surface area contributed by atoms with Crippen molar-refractivity contribution in [3.05, 3.63) is 67.3 Å². The lowest BCUT2D eigenvalue weighted by atomic mass is 10.1. The molecule has 0 saturated carbocycles. The Morgan fingerprint density at radius 3 is 2.51 bits per heavy atom. The monoisotopic (exact) mass is 518 g/mol. The summed E-state index contributed by atoms with van der Waals surface area (Å²) in [4.78, 5) is 32.9. The summed E-state index contributed by atoms with van der Waals surface area (Å²) >= 11 is 5.76. The first kappa shape index (κ1) is 24.5. The van der Waals surface area contributed by atoms with Crippen LogP contribution in [-0.4, -0.2) is 45.5 Å². The average molecular weight is 519 g/mol. The normalized spacial score (nSPS) is 12.1. The number of nitrogens with zero attached hydrogens (tertiary/aromatic N) is 7. The van der Waals surface area contributed by atoms with Crippen LogP contribution in [0, 0.1) is 11.6 Å². The molecule has 0 bridgehead atoms. The van der Waals surface area contributed by atoms with Gasteiger partial charge < -0.3 is 4.98 Å². The van der Waals surface area contributed by atoms with Crippen LogP contribution in [0.25, 0.3) is 11.2 Å². The van der Waals surface area contributed by atoms with Crippen molar-refractivity contribution in [2.75, 3.05) is 0 Å².